The fourth-order valence-electron chi connectivity index (χ4n) is 5.32. The second-order valence-electron chi connectivity index (χ2n) is 10.5. The number of nitrogens with zero attached hydrogens (tertiary/aromatic N) is 2. The molecule has 11 heteroatoms. The Morgan fingerprint density at radius 3 is 2.65 bits per heavy atom. The summed E-state index contributed by atoms with van der Waals surface area (Å²) in [7, 11) is 1.28. The third-order valence-electron chi connectivity index (χ3n) is 7.67. The molecule has 2 unspecified atom stereocenters. The molecule has 2 aromatic heterocycles. The number of pyridine rings is 2. The first-order valence-corrected chi connectivity index (χ1v) is 14.0. The lowest BCUT2D eigenvalue weighted by atomic mass is 9.87. The van der Waals surface area contributed by atoms with Crippen LogP contribution in [0.3, 0.4) is 0 Å². The Morgan fingerprint density at radius 1 is 1.12 bits per heavy atom. The molecule has 1 N–H and O–H groups in total. The number of carbonyl (C=O) groups is 2. The van der Waals surface area contributed by atoms with Gasteiger partial charge in [-0.05, 0) is 48.7 Å². The topological polar surface area (TPSA) is 95.2 Å². The van der Waals surface area contributed by atoms with Gasteiger partial charge in [0.15, 0.2) is 17.7 Å². The van der Waals surface area contributed by atoms with Crippen LogP contribution in [0.1, 0.15) is 48.9 Å². The number of esters is 1. The fourth-order valence-corrected chi connectivity index (χ4v) is 5.47. The Hall–Kier alpha value is -4.44. The molecule has 4 aromatic rings. The van der Waals surface area contributed by atoms with Gasteiger partial charge in [-0.2, -0.15) is 4.73 Å². The lowest BCUT2D eigenvalue weighted by Crippen LogP contribution is -2.34. The van der Waals surface area contributed by atoms with E-state index in [-0.39, 0.29) is 34.2 Å². The van der Waals surface area contributed by atoms with E-state index >= 15 is 4.39 Å². The molecule has 3 heterocycles. The van der Waals surface area contributed by atoms with Crippen LogP contribution in [0.5, 0.6) is 0 Å². The van der Waals surface area contributed by atoms with Gasteiger partial charge < -0.3 is 15.3 Å². The zero-order chi connectivity index (χ0) is 30.8. The Balaban J connectivity index is 1.62. The van der Waals surface area contributed by atoms with Gasteiger partial charge in [-0.1, -0.05) is 37.1 Å². The highest BCUT2D eigenvalue weighted by Gasteiger charge is 2.29. The first kappa shape index (κ1) is 30.0. The first-order chi connectivity index (χ1) is 20.6. The summed E-state index contributed by atoms with van der Waals surface area (Å²) in [6.45, 7) is 1.77. The Kier molecular flexibility index (Phi) is 8.68. The number of amides is 1. The molecule has 2 bridgehead atoms. The van der Waals surface area contributed by atoms with E-state index in [1.807, 2.05) is 0 Å². The van der Waals surface area contributed by atoms with E-state index in [9.17, 15) is 23.6 Å². The standard InChI is InChI=1S/C32H27ClF3N3O4/c1-17-4-3-5-20(28-11-7-19(16-39(28)42)30-24(34)10-9-23(33)31(30)36)22-14-26(37-15-25(22)35)21-8-6-18(13-29(40)43-2)12-27(21)38-32(17)41/h6-12,14-17,20H,3-5,13H2,1-2H3,(H,38,41). The normalized spacial score (nSPS) is 16.8. The van der Waals surface area contributed by atoms with Crippen molar-refractivity contribution in [2.75, 3.05) is 12.4 Å². The van der Waals surface area contributed by atoms with E-state index in [4.69, 9.17) is 16.3 Å². The van der Waals surface area contributed by atoms with Gasteiger partial charge in [-0.25, -0.2) is 13.2 Å². The maximum atomic E-state index is 15.4. The second kappa shape index (κ2) is 12.4. The summed E-state index contributed by atoms with van der Waals surface area (Å²) in [6.07, 6.45) is 3.30. The number of ether oxygens (including phenoxy) is 1. The molecule has 1 aliphatic rings. The highest BCUT2D eigenvalue weighted by molar-refractivity contribution is 6.31. The van der Waals surface area contributed by atoms with Crippen molar-refractivity contribution in [2.45, 2.75) is 38.5 Å². The fraction of sp³-hybridized carbons (Fsp3) is 0.250. The molecule has 1 amide bonds. The molecule has 2 aromatic carbocycles. The van der Waals surface area contributed by atoms with Crippen LogP contribution in [-0.2, 0) is 20.7 Å². The minimum absolute atomic E-state index is 0.0120. The predicted molar refractivity (Wildman–Crippen MR) is 155 cm³/mol. The Labute approximate surface area is 250 Å². The summed E-state index contributed by atoms with van der Waals surface area (Å²) in [6, 6.07) is 11.5. The number of rotatable bonds is 4. The number of fused-ring (bicyclic) bond motifs is 4. The van der Waals surface area contributed by atoms with Crippen molar-refractivity contribution in [3.05, 3.63) is 105 Å². The van der Waals surface area contributed by atoms with E-state index < -0.39 is 40.8 Å². The van der Waals surface area contributed by atoms with Crippen LogP contribution >= 0.6 is 11.6 Å². The third-order valence-corrected chi connectivity index (χ3v) is 7.96. The smallest absolute Gasteiger partial charge is 0.309 e. The van der Waals surface area contributed by atoms with Gasteiger partial charge in [0.1, 0.15) is 11.6 Å². The molecule has 2 atom stereocenters. The Bertz CT molecular complexity index is 1730. The molecule has 43 heavy (non-hydrogen) atoms. The van der Waals surface area contributed by atoms with E-state index in [0.29, 0.717) is 46.5 Å². The van der Waals surface area contributed by atoms with Crippen LogP contribution in [0.4, 0.5) is 18.9 Å². The van der Waals surface area contributed by atoms with Gasteiger partial charge in [0.05, 0.1) is 53.2 Å². The van der Waals surface area contributed by atoms with E-state index in [1.54, 1.807) is 25.1 Å². The zero-order valence-corrected chi connectivity index (χ0v) is 24.1. The van der Waals surface area contributed by atoms with E-state index in [2.05, 4.69) is 10.3 Å². The third kappa shape index (κ3) is 6.19. The van der Waals surface area contributed by atoms with Crippen molar-refractivity contribution in [2.24, 2.45) is 5.92 Å². The quantitative estimate of drug-likeness (QED) is 0.120. The number of methoxy groups -OCH3 is 1. The van der Waals surface area contributed by atoms with Crippen molar-refractivity contribution < 1.29 is 32.2 Å². The molecular formula is C32H27ClF3N3O4. The number of anilines is 1. The second-order valence-corrected chi connectivity index (χ2v) is 10.9. The Morgan fingerprint density at radius 2 is 1.91 bits per heavy atom. The monoisotopic (exact) mass is 609 g/mol. The van der Waals surface area contributed by atoms with Crippen LogP contribution in [-0.4, -0.2) is 24.0 Å². The molecule has 5 rings (SSSR count). The van der Waals surface area contributed by atoms with Crippen LogP contribution in [0, 0.1) is 28.6 Å². The van der Waals surface area contributed by atoms with Gasteiger partial charge >= 0.3 is 5.97 Å². The summed E-state index contributed by atoms with van der Waals surface area (Å²) in [5.74, 6) is -4.40. The largest absolute Gasteiger partial charge is 0.618 e. The number of nitrogens with one attached hydrogen (secondary N) is 1. The molecule has 0 saturated heterocycles. The minimum atomic E-state index is -0.995. The van der Waals surface area contributed by atoms with Crippen LogP contribution in [0.25, 0.3) is 22.4 Å². The van der Waals surface area contributed by atoms with E-state index in [0.717, 1.165) is 24.5 Å². The maximum absolute atomic E-state index is 15.4. The number of halogens is 4. The molecule has 0 saturated carbocycles. The van der Waals surface area contributed by atoms with E-state index in [1.165, 1.54) is 25.3 Å². The molecule has 7 nitrogen and oxygen atoms in total. The summed E-state index contributed by atoms with van der Waals surface area (Å²) in [5.41, 5.74) is 1.72. The average molecular weight is 610 g/mol. The molecule has 0 radical (unpaired) electrons. The van der Waals surface area contributed by atoms with Crippen molar-refractivity contribution in [3.63, 3.8) is 0 Å². The highest BCUT2D eigenvalue weighted by atomic mass is 35.5. The van der Waals surface area contributed by atoms with Gasteiger partial charge in [-0.15, -0.1) is 0 Å². The number of aromatic nitrogens is 2. The number of hydrogen-bond acceptors (Lipinski definition) is 5. The van der Waals surface area contributed by atoms with Crippen molar-refractivity contribution >= 4 is 29.2 Å². The molecule has 0 fully saturated rings. The lowest BCUT2D eigenvalue weighted by molar-refractivity contribution is -0.614. The highest BCUT2D eigenvalue weighted by Crippen LogP contribution is 2.37. The molecule has 0 aliphatic carbocycles. The van der Waals surface area contributed by atoms with Crippen molar-refractivity contribution in [3.8, 4) is 22.4 Å². The SMILES string of the molecule is COC(=O)Cc1ccc2c(c1)NC(=O)C(C)CCCC(c1ccc(-c3c(F)ccc(Cl)c3F)c[n+]1[O-])c1cc-2ncc1F. The molecule has 0 spiro atoms. The summed E-state index contributed by atoms with van der Waals surface area (Å²) in [4.78, 5) is 29.2. The van der Waals surface area contributed by atoms with Crippen molar-refractivity contribution in [1.82, 2.24) is 4.98 Å². The van der Waals surface area contributed by atoms with Gasteiger partial charge in [0, 0.05) is 23.1 Å². The minimum Gasteiger partial charge on any atom is -0.618 e. The van der Waals surface area contributed by atoms with Gasteiger partial charge in [-0.3, -0.25) is 14.6 Å². The summed E-state index contributed by atoms with van der Waals surface area (Å²) in [5, 5.41) is 16.0. The van der Waals surface area contributed by atoms with Gasteiger partial charge in [0.2, 0.25) is 5.91 Å². The molecule has 1 aliphatic heterocycles. The predicted octanol–water partition coefficient (Wildman–Crippen LogP) is 6.73. The molecular weight excluding hydrogens is 583 g/mol. The lowest BCUT2D eigenvalue weighted by Gasteiger charge is -2.22. The van der Waals surface area contributed by atoms with Crippen LogP contribution in [0.15, 0.2) is 60.9 Å². The maximum Gasteiger partial charge on any atom is 0.309 e. The number of carbonyl (C=O) groups excluding carboxylic acids is 2. The van der Waals surface area contributed by atoms with Crippen LogP contribution < -0.4 is 10.0 Å². The van der Waals surface area contributed by atoms with Crippen molar-refractivity contribution in [1.29, 1.82) is 0 Å². The zero-order valence-electron chi connectivity index (χ0n) is 23.3. The molecule has 222 valence electrons. The average Bonchev–Trinajstić information content (AvgIpc) is 2.98. The first-order valence-electron chi connectivity index (χ1n) is 13.6. The summed E-state index contributed by atoms with van der Waals surface area (Å²) < 4.78 is 49.9. The van der Waals surface area contributed by atoms with Crippen LogP contribution in [0.2, 0.25) is 5.02 Å². The number of hydrogen-bond donors (Lipinski definition) is 1. The van der Waals surface area contributed by atoms with Gasteiger partial charge in [0.25, 0.3) is 0 Å². The summed E-state index contributed by atoms with van der Waals surface area (Å²) >= 11 is 5.84. The number of benzene rings is 2.